The van der Waals surface area contributed by atoms with Gasteiger partial charge in [0.15, 0.2) is 0 Å². The summed E-state index contributed by atoms with van der Waals surface area (Å²) < 4.78 is 0. The molecular weight excluding hydrogens is 446 g/mol. The number of aromatic nitrogens is 1. The van der Waals surface area contributed by atoms with E-state index in [-0.39, 0.29) is 11.7 Å². The lowest BCUT2D eigenvalue weighted by molar-refractivity contribution is 0.0953. The van der Waals surface area contributed by atoms with Crippen LogP contribution in [-0.4, -0.2) is 29.1 Å². The largest absolute Gasteiger partial charge is 0.508 e. The van der Waals surface area contributed by atoms with Gasteiger partial charge in [-0.2, -0.15) is 0 Å². The van der Waals surface area contributed by atoms with Crippen LogP contribution in [0.3, 0.4) is 0 Å². The Bertz CT molecular complexity index is 1300. The van der Waals surface area contributed by atoms with Crippen molar-refractivity contribution in [3.05, 3.63) is 106 Å². The quantitative estimate of drug-likeness (QED) is 0.223. The number of rotatable bonds is 10. The summed E-state index contributed by atoms with van der Waals surface area (Å²) in [5.74, 6) is 0.191. The molecule has 0 saturated heterocycles. The van der Waals surface area contributed by atoms with Gasteiger partial charge in [-0.25, -0.2) is 0 Å². The van der Waals surface area contributed by atoms with E-state index in [4.69, 9.17) is 11.6 Å². The van der Waals surface area contributed by atoms with E-state index in [9.17, 15) is 9.90 Å². The first kappa shape index (κ1) is 23.6. The molecule has 0 saturated carbocycles. The first-order valence-corrected chi connectivity index (χ1v) is 11.8. The van der Waals surface area contributed by atoms with E-state index in [1.54, 1.807) is 12.1 Å². The zero-order chi connectivity index (χ0) is 23.8. The highest BCUT2D eigenvalue weighted by atomic mass is 35.5. The molecule has 0 bridgehead atoms. The highest BCUT2D eigenvalue weighted by Crippen LogP contribution is 2.23. The van der Waals surface area contributed by atoms with E-state index in [2.05, 4.69) is 15.6 Å². The SMILES string of the molecule is O=C(NCCC=Cc1ccccc1Cl)c1ccccc1CNCCc1c[nH]c2ccc(O)cc12. The van der Waals surface area contributed by atoms with Gasteiger partial charge in [-0.3, -0.25) is 4.79 Å². The summed E-state index contributed by atoms with van der Waals surface area (Å²) in [5.41, 5.74) is 4.77. The van der Waals surface area contributed by atoms with Gasteiger partial charge in [0.1, 0.15) is 5.75 Å². The number of halogens is 1. The van der Waals surface area contributed by atoms with Crippen LogP contribution in [-0.2, 0) is 13.0 Å². The van der Waals surface area contributed by atoms with Crippen LogP contribution in [0.15, 0.2) is 79.0 Å². The number of hydrogen-bond acceptors (Lipinski definition) is 3. The number of phenolic OH excluding ortho intramolecular Hbond substituents is 1. The molecule has 0 radical (unpaired) electrons. The van der Waals surface area contributed by atoms with Crippen LogP contribution in [0.2, 0.25) is 5.02 Å². The fourth-order valence-electron chi connectivity index (χ4n) is 3.90. The number of aromatic amines is 1. The fraction of sp³-hybridized carbons (Fsp3) is 0.179. The van der Waals surface area contributed by atoms with Crippen molar-refractivity contribution in [3.63, 3.8) is 0 Å². The van der Waals surface area contributed by atoms with E-state index in [0.717, 1.165) is 47.0 Å². The van der Waals surface area contributed by atoms with E-state index in [0.29, 0.717) is 23.7 Å². The second-order valence-electron chi connectivity index (χ2n) is 8.10. The van der Waals surface area contributed by atoms with E-state index in [1.165, 1.54) is 0 Å². The number of fused-ring (bicyclic) bond motifs is 1. The number of phenols is 1. The molecule has 0 aliphatic carbocycles. The summed E-state index contributed by atoms with van der Waals surface area (Å²) in [7, 11) is 0. The summed E-state index contributed by atoms with van der Waals surface area (Å²) in [4.78, 5) is 16.0. The molecule has 0 fully saturated rings. The number of hydrogen-bond donors (Lipinski definition) is 4. The number of carbonyl (C=O) groups is 1. The molecule has 4 rings (SSSR count). The van der Waals surface area contributed by atoms with Crippen LogP contribution in [0.5, 0.6) is 5.75 Å². The Morgan fingerprint density at radius 2 is 1.82 bits per heavy atom. The molecule has 0 spiro atoms. The molecule has 1 amide bonds. The van der Waals surface area contributed by atoms with Crippen LogP contribution in [0.1, 0.15) is 33.5 Å². The third-order valence-corrected chi connectivity index (χ3v) is 6.04. The average molecular weight is 474 g/mol. The minimum atomic E-state index is -0.0735. The molecule has 0 unspecified atom stereocenters. The molecule has 1 aromatic heterocycles. The van der Waals surface area contributed by atoms with E-state index < -0.39 is 0 Å². The summed E-state index contributed by atoms with van der Waals surface area (Å²) >= 11 is 6.16. The van der Waals surface area contributed by atoms with Crippen molar-refractivity contribution in [2.24, 2.45) is 0 Å². The van der Waals surface area contributed by atoms with Gasteiger partial charge < -0.3 is 20.7 Å². The number of amides is 1. The Balaban J connectivity index is 1.26. The molecule has 4 N–H and O–H groups in total. The maximum Gasteiger partial charge on any atom is 0.251 e. The van der Waals surface area contributed by atoms with Gasteiger partial charge in [0.05, 0.1) is 0 Å². The number of nitrogens with one attached hydrogen (secondary N) is 3. The third kappa shape index (κ3) is 6.07. The minimum absolute atomic E-state index is 0.0735. The second-order valence-corrected chi connectivity index (χ2v) is 8.50. The molecule has 34 heavy (non-hydrogen) atoms. The van der Waals surface area contributed by atoms with Gasteiger partial charge >= 0.3 is 0 Å². The zero-order valence-electron chi connectivity index (χ0n) is 18.9. The Morgan fingerprint density at radius 1 is 1.00 bits per heavy atom. The third-order valence-electron chi connectivity index (χ3n) is 5.70. The predicted octanol–water partition coefficient (Wildman–Crippen LogP) is 5.69. The molecule has 174 valence electrons. The number of carbonyl (C=O) groups excluding carboxylic acids is 1. The van der Waals surface area contributed by atoms with Gasteiger partial charge in [0.2, 0.25) is 0 Å². The Kier molecular flexibility index (Phi) is 8.02. The van der Waals surface area contributed by atoms with Crippen molar-refractivity contribution in [3.8, 4) is 5.75 Å². The number of H-pyrrole nitrogens is 1. The topological polar surface area (TPSA) is 77.2 Å². The molecule has 0 aliphatic rings. The van der Waals surface area contributed by atoms with Crippen LogP contribution in [0.4, 0.5) is 0 Å². The predicted molar refractivity (Wildman–Crippen MR) is 139 cm³/mol. The molecule has 4 aromatic rings. The van der Waals surface area contributed by atoms with Gasteiger partial charge in [0, 0.05) is 40.8 Å². The Labute approximate surface area is 204 Å². The van der Waals surface area contributed by atoms with Crippen molar-refractivity contribution in [2.45, 2.75) is 19.4 Å². The Hall–Kier alpha value is -3.54. The first-order valence-electron chi connectivity index (χ1n) is 11.4. The van der Waals surface area contributed by atoms with Gasteiger partial charge in [-0.15, -0.1) is 0 Å². The summed E-state index contributed by atoms with van der Waals surface area (Å²) in [5, 5.41) is 17.9. The van der Waals surface area contributed by atoms with Crippen molar-refractivity contribution in [2.75, 3.05) is 13.1 Å². The van der Waals surface area contributed by atoms with Gasteiger partial charge in [0.25, 0.3) is 5.91 Å². The standard InChI is InChI=1S/C28H28ClN3O2/c29-26-11-4-2-7-20(26)8-5-6-15-31-28(34)24-10-3-1-9-21(24)18-30-16-14-22-19-32-27-13-12-23(33)17-25(22)27/h1-5,7-13,17,19,30,32-33H,6,14-16,18H2,(H,31,34). The van der Waals surface area contributed by atoms with Crippen molar-refractivity contribution in [1.29, 1.82) is 0 Å². The fourth-order valence-corrected chi connectivity index (χ4v) is 4.10. The smallest absolute Gasteiger partial charge is 0.251 e. The molecule has 5 nitrogen and oxygen atoms in total. The van der Waals surface area contributed by atoms with Crippen LogP contribution in [0, 0.1) is 0 Å². The highest BCUT2D eigenvalue weighted by molar-refractivity contribution is 6.32. The lowest BCUT2D eigenvalue weighted by Gasteiger charge is -2.11. The molecule has 1 heterocycles. The lowest BCUT2D eigenvalue weighted by atomic mass is 10.1. The van der Waals surface area contributed by atoms with Crippen molar-refractivity contribution < 1.29 is 9.90 Å². The van der Waals surface area contributed by atoms with Crippen molar-refractivity contribution >= 4 is 34.5 Å². The summed E-state index contributed by atoms with van der Waals surface area (Å²) in [6.45, 7) is 1.91. The maximum atomic E-state index is 12.7. The first-order chi connectivity index (χ1) is 16.6. The average Bonchev–Trinajstić information content (AvgIpc) is 3.24. The summed E-state index contributed by atoms with van der Waals surface area (Å²) in [6.07, 6.45) is 7.50. The molecule has 6 heteroatoms. The van der Waals surface area contributed by atoms with Crippen LogP contribution < -0.4 is 10.6 Å². The highest BCUT2D eigenvalue weighted by Gasteiger charge is 2.10. The van der Waals surface area contributed by atoms with Gasteiger partial charge in [-0.1, -0.05) is 60.2 Å². The monoisotopic (exact) mass is 473 g/mol. The van der Waals surface area contributed by atoms with Crippen LogP contribution in [0.25, 0.3) is 17.0 Å². The molecule has 0 aliphatic heterocycles. The van der Waals surface area contributed by atoms with E-state index >= 15 is 0 Å². The minimum Gasteiger partial charge on any atom is -0.508 e. The maximum absolute atomic E-state index is 12.7. The normalized spacial score (nSPS) is 11.3. The molecule has 3 aromatic carbocycles. The van der Waals surface area contributed by atoms with Crippen molar-refractivity contribution in [1.82, 2.24) is 15.6 Å². The summed E-state index contributed by atoms with van der Waals surface area (Å²) in [6, 6.07) is 20.7. The molecular formula is C28H28ClN3O2. The van der Waals surface area contributed by atoms with E-state index in [1.807, 2.05) is 72.9 Å². The number of aromatic hydroxyl groups is 1. The van der Waals surface area contributed by atoms with Crippen LogP contribution >= 0.6 is 11.6 Å². The zero-order valence-corrected chi connectivity index (χ0v) is 19.6. The number of benzene rings is 3. The molecule has 0 atom stereocenters. The second kappa shape index (κ2) is 11.5. The van der Waals surface area contributed by atoms with Gasteiger partial charge in [-0.05, 0) is 66.4 Å². The lowest BCUT2D eigenvalue weighted by Crippen LogP contribution is -2.26. The Morgan fingerprint density at radius 3 is 2.71 bits per heavy atom.